The largest absolute Gasteiger partial charge is 0.489 e. The summed E-state index contributed by atoms with van der Waals surface area (Å²) in [5, 5.41) is 0. The second-order valence-electron chi connectivity index (χ2n) is 6.69. The zero-order chi connectivity index (χ0) is 20.1. The Morgan fingerprint density at radius 3 is 2.61 bits per heavy atom. The molecule has 5 nitrogen and oxygen atoms in total. The van der Waals surface area contributed by atoms with Crippen LogP contribution in [-0.2, 0) is 9.59 Å². The fourth-order valence-corrected chi connectivity index (χ4v) is 3.21. The van der Waals surface area contributed by atoms with Gasteiger partial charge in [0.1, 0.15) is 6.61 Å². The van der Waals surface area contributed by atoms with Crippen molar-refractivity contribution in [2.24, 2.45) is 0 Å². The van der Waals surface area contributed by atoms with Crippen LogP contribution in [0.2, 0.25) is 0 Å². The van der Waals surface area contributed by atoms with Crippen LogP contribution in [0.3, 0.4) is 0 Å². The van der Waals surface area contributed by atoms with Crippen LogP contribution in [0.5, 0.6) is 5.75 Å². The van der Waals surface area contributed by atoms with Crippen LogP contribution in [0.1, 0.15) is 30.5 Å². The molecule has 1 aliphatic heterocycles. The first-order valence-electron chi connectivity index (χ1n) is 9.14. The summed E-state index contributed by atoms with van der Waals surface area (Å²) < 4.78 is 19.0. The van der Waals surface area contributed by atoms with Crippen molar-refractivity contribution in [2.45, 2.75) is 19.4 Å². The number of fused-ring (bicyclic) bond motifs is 1. The van der Waals surface area contributed by atoms with Gasteiger partial charge in [0, 0.05) is 20.2 Å². The quantitative estimate of drug-likeness (QED) is 0.767. The number of para-hydroxylation sites is 1. The molecule has 146 valence electrons. The monoisotopic (exact) mass is 382 g/mol. The van der Waals surface area contributed by atoms with Gasteiger partial charge in [0.2, 0.25) is 11.8 Å². The number of carbonyl (C=O) groups is 2. The Morgan fingerprint density at radius 1 is 1.14 bits per heavy atom. The highest BCUT2D eigenvalue weighted by atomic mass is 19.1. The van der Waals surface area contributed by atoms with Crippen molar-refractivity contribution in [2.75, 3.05) is 20.2 Å². The molecule has 0 N–H and O–H groups in total. The lowest BCUT2D eigenvalue weighted by Crippen LogP contribution is -2.37. The first kappa shape index (κ1) is 19.6. The fourth-order valence-electron chi connectivity index (χ4n) is 3.21. The van der Waals surface area contributed by atoms with Gasteiger partial charge in [-0.3, -0.25) is 9.59 Å². The van der Waals surface area contributed by atoms with E-state index in [9.17, 15) is 14.0 Å². The van der Waals surface area contributed by atoms with Crippen LogP contribution >= 0.6 is 0 Å². The van der Waals surface area contributed by atoms with Gasteiger partial charge < -0.3 is 14.5 Å². The predicted molar refractivity (Wildman–Crippen MR) is 105 cm³/mol. The third kappa shape index (κ3) is 4.39. The standard InChI is InChI=1S/C22H23FN2O3/c1-16(26)25-12-11-17-7-3-4-8-18(17)20(25)15-22(27)24(2)13-14-28-21-10-6-5-9-19(21)23/h3-12,20H,13-15H2,1-2H3. The number of likely N-dealkylation sites (N-methyl/N-ethyl adjacent to an activating group) is 1. The number of halogens is 1. The average Bonchev–Trinajstić information content (AvgIpc) is 2.69. The van der Waals surface area contributed by atoms with Crippen LogP contribution in [-0.4, -0.2) is 41.8 Å². The minimum Gasteiger partial charge on any atom is -0.489 e. The second-order valence-corrected chi connectivity index (χ2v) is 6.69. The van der Waals surface area contributed by atoms with Gasteiger partial charge in [0.15, 0.2) is 11.6 Å². The van der Waals surface area contributed by atoms with Crippen molar-refractivity contribution in [1.29, 1.82) is 0 Å². The maximum Gasteiger partial charge on any atom is 0.224 e. The molecule has 3 rings (SSSR count). The van der Waals surface area contributed by atoms with E-state index >= 15 is 0 Å². The normalized spacial score (nSPS) is 15.1. The Kier molecular flexibility index (Phi) is 6.09. The molecule has 1 unspecified atom stereocenters. The molecule has 2 amide bonds. The Balaban J connectivity index is 1.63. The molecule has 0 saturated carbocycles. The van der Waals surface area contributed by atoms with Crippen molar-refractivity contribution >= 4 is 17.9 Å². The van der Waals surface area contributed by atoms with Crippen LogP contribution in [0.25, 0.3) is 6.08 Å². The number of nitrogens with zero attached hydrogens (tertiary/aromatic N) is 2. The molecule has 0 bridgehead atoms. The summed E-state index contributed by atoms with van der Waals surface area (Å²) in [6.45, 7) is 1.99. The van der Waals surface area contributed by atoms with E-state index in [2.05, 4.69) is 0 Å². The number of rotatable bonds is 6. The fraction of sp³-hybridized carbons (Fsp3) is 0.273. The van der Waals surface area contributed by atoms with Crippen LogP contribution in [0.15, 0.2) is 54.7 Å². The van der Waals surface area contributed by atoms with Crippen molar-refractivity contribution in [3.63, 3.8) is 0 Å². The SMILES string of the molecule is CC(=O)N1C=Cc2ccccc2C1CC(=O)N(C)CCOc1ccccc1F. The molecule has 0 fully saturated rings. The predicted octanol–water partition coefficient (Wildman–Crippen LogP) is 3.63. The van der Waals surface area contributed by atoms with E-state index in [1.165, 1.54) is 13.0 Å². The first-order chi connectivity index (χ1) is 13.5. The molecule has 1 aliphatic rings. The highest BCUT2D eigenvalue weighted by Crippen LogP contribution is 2.33. The molecule has 2 aromatic carbocycles. The number of benzene rings is 2. The third-order valence-electron chi connectivity index (χ3n) is 4.78. The molecule has 2 aromatic rings. The van der Waals surface area contributed by atoms with E-state index in [0.717, 1.165) is 11.1 Å². The second kappa shape index (κ2) is 8.69. The number of hydrogen-bond donors (Lipinski definition) is 0. The van der Waals surface area contributed by atoms with Gasteiger partial charge in [-0.1, -0.05) is 36.4 Å². The Morgan fingerprint density at radius 2 is 1.86 bits per heavy atom. The third-order valence-corrected chi connectivity index (χ3v) is 4.78. The van der Waals surface area contributed by atoms with Gasteiger partial charge >= 0.3 is 0 Å². The van der Waals surface area contributed by atoms with Crippen molar-refractivity contribution < 1.29 is 18.7 Å². The lowest BCUT2D eigenvalue weighted by Gasteiger charge is -2.33. The minimum absolute atomic E-state index is 0.113. The molecular formula is C22H23FN2O3. The smallest absolute Gasteiger partial charge is 0.224 e. The molecule has 0 spiro atoms. The van der Waals surface area contributed by atoms with Gasteiger partial charge in [-0.2, -0.15) is 0 Å². The molecule has 28 heavy (non-hydrogen) atoms. The number of hydrogen-bond acceptors (Lipinski definition) is 3. The van der Waals surface area contributed by atoms with Crippen LogP contribution in [0.4, 0.5) is 4.39 Å². The average molecular weight is 382 g/mol. The van der Waals surface area contributed by atoms with Crippen molar-refractivity contribution in [3.8, 4) is 5.75 Å². The summed E-state index contributed by atoms with van der Waals surface area (Å²) in [6.07, 6.45) is 3.77. The Hall–Kier alpha value is -3.15. The van der Waals surface area contributed by atoms with E-state index in [0.29, 0.717) is 6.54 Å². The van der Waals surface area contributed by atoms with E-state index in [4.69, 9.17) is 4.74 Å². The molecule has 1 heterocycles. The summed E-state index contributed by atoms with van der Waals surface area (Å²) in [7, 11) is 1.68. The minimum atomic E-state index is -0.431. The van der Waals surface area contributed by atoms with E-state index in [1.807, 2.05) is 30.3 Å². The summed E-state index contributed by atoms with van der Waals surface area (Å²) in [5.74, 6) is -0.496. The summed E-state index contributed by atoms with van der Waals surface area (Å²) in [6, 6.07) is 13.5. The molecule has 0 saturated heterocycles. The number of carbonyl (C=O) groups excluding carboxylic acids is 2. The van der Waals surface area contributed by atoms with Gasteiger partial charge in [-0.25, -0.2) is 4.39 Å². The summed E-state index contributed by atoms with van der Waals surface area (Å²) >= 11 is 0. The maximum atomic E-state index is 13.6. The van der Waals surface area contributed by atoms with Gasteiger partial charge in [0.05, 0.1) is 19.0 Å². The molecule has 0 aliphatic carbocycles. The van der Waals surface area contributed by atoms with Gasteiger partial charge in [0.25, 0.3) is 0 Å². The van der Waals surface area contributed by atoms with Crippen molar-refractivity contribution in [3.05, 3.63) is 71.7 Å². The molecule has 6 heteroatoms. The number of ether oxygens (including phenoxy) is 1. The zero-order valence-corrected chi connectivity index (χ0v) is 16.0. The zero-order valence-electron chi connectivity index (χ0n) is 16.0. The molecular weight excluding hydrogens is 359 g/mol. The van der Waals surface area contributed by atoms with Crippen LogP contribution < -0.4 is 4.74 Å². The maximum absolute atomic E-state index is 13.6. The van der Waals surface area contributed by atoms with Gasteiger partial charge in [-0.05, 0) is 29.3 Å². The Labute approximate surface area is 164 Å². The topological polar surface area (TPSA) is 49.9 Å². The van der Waals surface area contributed by atoms with Crippen LogP contribution in [0, 0.1) is 5.82 Å². The highest BCUT2D eigenvalue weighted by Gasteiger charge is 2.29. The number of amides is 2. The highest BCUT2D eigenvalue weighted by molar-refractivity contribution is 5.81. The molecule has 0 radical (unpaired) electrons. The first-order valence-corrected chi connectivity index (χ1v) is 9.14. The lowest BCUT2D eigenvalue weighted by atomic mass is 9.93. The van der Waals surface area contributed by atoms with E-state index in [-0.39, 0.29) is 36.6 Å². The molecule has 0 aromatic heterocycles. The van der Waals surface area contributed by atoms with Crippen molar-refractivity contribution in [1.82, 2.24) is 9.80 Å². The van der Waals surface area contributed by atoms with E-state index < -0.39 is 5.82 Å². The summed E-state index contributed by atoms with van der Waals surface area (Å²) in [5.41, 5.74) is 1.95. The van der Waals surface area contributed by atoms with Gasteiger partial charge in [-0.15, -0.1) is 0 Å². The van der Waals surface area contributed by atoms with E-state index in [1.54, 1.807) is 41.2 Å². The molecule has 1 atom stereocenters. The Bertz CT molecular complexity index is 897. The lowest BCUT2D eigenvalue weighted by molar-refractivity contribution is -0.134. The summed E-state index contributed by atoms with van der Waals surface area (Å²) in [4.78, 5) is 27.9.